The zero-order valence-electron chi connectivity index (χ0n) is 12.0. The van der Waals surface area contributed by atoms with Crippen LogP contribution in [0.2, 0.25) is 5.02 Å². The minimum absolute atomic E-state index is 0.710. The molecule has 0 N–H and O–H groups in total. The zero-order valence-corrected chi connectivity index (χ0v) is 13.6. The number of ether oxygens (including phenoxy) is 1. The van der Waals surface area contributed by atoms with Gasteiger partial charge in [-0.25, -0.2) is 0 Å². The minimum atomic E-state index is 0.710. The lowest BCUT2D eigenvalue weighted by Crippen LogP contribution is -2.00. The van der Waals surface area contributed by atoms with Crippen molar-refractivity contribution in [2.45, 2.75) is 9.79 Å². The molecule has 110 valence electrons. The topological polar surface area (TPSA) is 21.6 Å². The van der Waals surface area contributed by atoms with E-state index in [-0.39, 0.29) is 0 Å². The summed E-state index contributed by atoms with van der Waals surface area (Å²) >= 11 is 7.86. The molecule has 22 heavy (non-hydrogen) atoms. The Morgan fingerprint density at radius 2 is 2.14 bits per heavy atom. The standard InChI is InChI=1S/C18H14ClNOS/c1-3-4-7-14(20-2)12-9-10-17-16(11-12)21-15-8-5-6-13(19)18(15)22-17/h3-11H,1H2,2H3/b7-4-,20-14?. The Kier molecular flexibility index (Phi) is 4.36. The third-order valence-corrected chi connectivity index (χ3v) is 4.84. The number of halogens is 1. The number of aliphatic imine (C=N–C) groups is 1. The fraction of sp³-hybridized carbons (Fsp3) is 0.0556. The SMILES string of the molecule is C=C/C=C\C(=NC)c1ccc2c(c1)Oc1cccc(Cl)c1S2. The molecule has 0 spiro atoms. The van der Waals surface area contributed by atoms with Crippen molar-refractivity contribution in [1.82, 2.24) is 0 Å². The summed E-state index contributed by atoms with van der Waals surface area (Å²) in [5.74, 6) is 1.61. The highest BCUT2D eigenvalue weighted by Gasteiger charge is 2.20. The second-order valence-electron chi connectivity index (χ2n) is 4.64. The fourth-order valence-electron chi connectivity index (χ4n) is 2.19. The van der Waals surface area contributed by atoms with Crippen molar-refractivity contribution in [3.63, 3.8) is 0 Å². The fourth-order valence-corrected chi connectivity index (χ4v) is 3.40. The van der Waals surface area contributed by atoms with Gasteiger partial charge in [0, 0.05) is 12.6 Å². The van der Waals surface area contributed by atoms with Crippen LogP contribution in [0.1, 0.15) is 5.56 Å². The average Bonchev–Trinajstić information content (AvgIpc) is 2.54. The Labute approximate surface area is 139 Å². The highest BCUT2D eigenvalue weighted by Crippen LogP contribution is 2.49. The lowest BCUT2D eigenvalue weighted by atomic mass is 10.1. The van der Waals surface area contributed by atoms with Crippen LogP contribution in [-0.2, 0) is 0 Å². The van der Waals surface area contributed by atoms with Crippen molar-refractivity contribution < 1.29 is 4.74 Å². The number of fused-ring (bicyclic) bond motifs is 2. The van der Waals surface area contributed by atoms with Crippen LogP contribution in [0.25, 0.3) is 0 Å². The van der Waals surface area contributed by atoms with E-state index in [0.717, 1.165) is 32.6 Å². The summed E-state index contributed by atoms with van der Waals surface area (Å²) in [4.78, 5) is 6.31. The predicted octanol–water partition coefficient (Wildman–Crippen LogP) is 5.76. The van der Waals surface area contributed by atoms with Crippen molar-refractivity contribution in [3.05, 3.63) is 71.8 Å². The number of hydrogen-bond acceptors (Lipinski definition) is 3. The highest BCUT2D eigenvalue weighted by molar-refractivity contribution is 7.99. The molecule has 1 heterocycles. The smallest absolute Gasteiger partial charge is 0.142 e. The summed E-state index contributed by atoms with van der Waals surface area (Å²) in [5.41, 5.74) is 1.89. The van der Waals surface area contributed by atoms with Gasteiger partial charge in [-0.15, -0.1) is 0 Å². The Morgan fingerprint density at radius 1 is 1.27 bits per heavy atom. The summed E-state index contributed by atoms with van der Waals surface area (Å²) in [6, 6.07) is 11.8. The van der Waals surface area contributed by atoms with E-state index in [2.05, 4.69) is 11.6 Å². The molecule has 0 fully saturated rings. The maximum Gasteiger partial charge on any atom is 0.142 e. The zero-order chi connectivity index (χ0) is 15.5. The first-order valence-electron chi connectivity index (χ1n) is 6.77. The minimum Gasteiger partial charge on any atom is -0.455 e. The summed E-state index contributed by atoms with van der Waals surface area (Å²) in [6.45, 7) is 3.68. The molecule has 0 atom stereocenters. The molecule has 2 nitrogen and oxygen atoms in total. The van der Waals surface area contributed by atoms with Crippen molar-refractivity contribution >= 4 is 29.1 Å². The van der Waals surface area contributed by atoms with Crippen LogP contribution >= 0.6 is 23.4 Å². The van der Waals surface area contributed by atoms with Crippen LogP contribution in [0, 0.1) is 0 Å². The first-order chi connectivity index (χ1) is 10.7. The van der Waals surface area contributed by atoms with Gasteiger partial charge in [0.25, 0.3) is 0 Å². The first kappa shape index (κ1) is 14.9. The summed E-state index contributed by atoms with van der Waals surface area (Å²) in [7, 11) is 1.77. The van der Waals surface area contributed by atoms with Crippen LogP contribution in [0.3, 0.4) is 0 Å². The quantitative estimate of drug-likeness (QED) is 0.450. The third-order valence-electron chi connectivity index (χ3n) is 3.23. The van der Waals surface area contributed by atoms with Crippen molar-refractivity contribution in [2.24, 2.45) is 4.99 Å². The van der Waals surface area contributed by atoms with Gasteiger partial charge in [0.2, 0.25) is 0 Å². The van der Waals surface area contributed by atoms with Gasteiger partial charge in [0.1, 0.15) is 11.5 Å². The molecule has 0 bridgehead atoms. The molecule has 0 aliphatic carbocycles. The van der Waals surface area contributed by atoms with Crippen LogP contribution in [-0.4, -0.2) is 12.8 Å². The number of hydrogen-bond donors (Lipinski definition) is 0. The Bertz CT molecular complexity index is 796. The normalized spacial score (nSPS) is 13.5. The maximum absolute atomic E-state index is 6.23. The van der Waals surface area contributed by atoms with Gasteiger partial charge in [-0.1, -0.05) is 54.2 Å². The van der Waals surface area contributed by atoms with Crippen molar-refractivity contribution in [2.75, 3.05) is 7.05 Å². The Hall–Kier alpha value is -1.97. The predicted molar refractivity (Wildman–Crippen MR) is 93.9 cm³/mol. The number of allylic oxidation sites excluding steroid dienone is 3. The van der Waals surface area contributed by atoms with Gasteiger partial charge < -0.3 is 4.74 Å². The molecule has 0 saturated heterocycles. The second kappa shape index (κ2) is 6.42. The molecule has 4 heteroatoms. The lowest BCUT2D eigenvalue weighted by molar-refractivity contribution is 0.454. The van der Waals surface area contributed by atoms with Gasteiger partial charge in [-0.3, -0.25) is 4.99 Å². The van der Waals surface area contributed by atoms with E-state index in [1.54, 1.807) is 24.9 Å². The highest BCUT2D eigenvalue weighted by atomic mass is 35.5. The second-order valence-corrected chi connectivity index (χ2v) is 6.10. The summed E-state index contributed by atoms with van der Waals surface area (Å²) < 4.78 is 5.99. The largest absolute Gasteiger partial charge is 0.455 e. The van der Waals surface area contributed by atoms with Gasteiger partial charge in [0.05, 0.1) is 20.5 Å². The maximum atomic E-state index is 6.23. The van der Waals surface area contributed by atoms with Gasteiger partial charge in [-0.2, -0.15) is 0 Å². The van der Waals surface area contributed by atoms with E-state index in [0.29, 0.717) is 5.02 Å². The van der Waals surface area contributed by atoms with Gasteiger partial charge >= 0.3 is 0 Å². The first-order valence-corrected chi connectivity index (χ1v) is 7.97. The van der Waals surface area contributed by atoms with Crippen molar-refractivity contribution in [3.8, 4) is 11.5 Å². The Balaban J connectivity index is 1.99. The molecule has 0 saturated carbocycles. The summed E-state index contributed by atoms with van der Waals surface area (Å²) in [6.07, 6.45) is 5.52. The molecular weight excluding hydrogens is 314 g/mol. The number of nitrogens with zero attached hydrogens (tertiary/aromatic N) is 1. The van der Waals surface area contributed by atoms with Gasteiger partial charge in [0.15, 0.2) is 0 Å². The van der Waals surface area contributed by atoms with Gasteiger partial charge in [-0.05, 0) is 30.3 Å². The Morgan fingerprint density at radius 3 is 2.91 bits per heavy atom. The molecule has 1 aliphatic rings. The van der Waals surface area contributed by atoms with Crippen LogP contribution in [0.4, 0.5) is 0 Å². The average molecular weight is 328 g/mol. The van der Waals surface area contributed by atoms with E-state index in [1.807, 2.05) is 48.6 Å². The molecule has 0 unspecified atom stereocenters. The molecule has 2 aromatic rings. The van der Waals surface area contributed by atoms with Crippen LogP contribution in [0.15, 0.2) is 76.0 Å². The van der Waals surface area contributed by atoms with Crippen LogP contribution in [0.5, 0.6) is 11.5 Å². The number of benzene rings is 2. The molecule has 1 aliphatic heterocycles. The monoisotopic (exact) mass is 327 g/mol. The summed E-state index contributed by atoms with van der Waals surface area (Å²) in [5, 5.41) is 0.710. The molecule has 3 rings (SSSR count). The number of rotatable bonds is 3. The molecular formula is C18H14ClNOS. The molecule has 2 aromatic carbocycles. The van der Waals surface area contributed by atoms with E-state index in [4.69, 9.17) is 16.3 Å². The van der Waals surface area contributed by atoms with E-state index in [9.17, 15) is 0 Å². The third kappa shape index (κ3) is 2.82. The van der Waals surface area contributed by atoms with Crippen molar-refractivity contribution in [1.29, 1.82) is 0 Å². The molecule has 0 amide bonds. The van der Waals surface area contributed by atoms with E-state index >= 15 is 0 Å². The molecule has 0 aromatic heterocycles. The lowest BCUT2D eigenvalue weighted by Gasteiger charge is -2.21. The van der Waals surface area contributed by atoms with E-state index in [1.165, 1.54) is 0 Å². The van der Waals surface area contributed by atoms with E-state index < -0.39 is 0 Å². The molecule has 0 radical (unpaired) electrons. The van der Waals surface area contributed by atoms with Crippen LogP contribution < -0.4 is 4.74 Å².